The summed E-state index contributed by atoms with van der Waals surface area (Å²) in [5.41, 5.74) is 7.14. The highest BCUT2D eigenvalue weighted by atomic mass is 32.1. The molecular formula is C29H34F2N8OS. The number of hydrogen-bond acceptors (Lipinski definition) is 10. The van der Waals surface area contributed by atoms with Gasteiger partial charge in [0.05, 0.1) is 17.2 Å². The third-order valence-corrected chi connectivity index (χ3v) is 11.1. The Morgan fingerprint density at radius 2 is 1.88 bits per heavy atom. The number of nitrogens with two attached hydrogens (primary N) is 1. The van der Waals surface area contributed by atoms with Gasteiger partial charge < -0.3 is 20.3 Å². The summed E-state index contributed by atoms with van der Waals surface area (Å²) in [5, 5.41) is 19.8. The van der Waals surface area contributed by atoms with Crippen molar-refractivity contribution in [2.45, 2.75) is 68.5 Å². The number of alkyl halides is 1. The van der Waals surface area contributed by atoms with Gasteiger partial charge in [-0.05, 0) is 57.1 Å². The van der Waals surface area contributed by atoms with Crippen LogP contribution in [0.2, 0.25) is 0 Å². The summed E-state index contributed by atoms with van der Waals surface area (Å²) in [5.74, 6) is -0.147. The minimum atomic E-state index is -0.873. The average molecular weight is 581 g/mol. The molecule has 4 saturated heterocycles. The van der Waals surface area contributed by atoms with E-state index < -0.39 is 12.0 Å². The van der Waals surface area contributed by atoms with Crippen LogP contribution in [0.15, 0.2) is 0 Å². The number of ether oxygens (including phenoxy) is 1. The lowest BCUT2D eigenvalue weighted by atomic mass is 9.74. The van der Waals surface area contributed by atoms with Crippen molar-refractivity contribution in [2.75, 3.05) is 61.4 Å². The smallest absolute Gasteiger partial charge is 0.320 e. The minimum absolute atomic E-state index is 0.0530. The number of fused-ring (bicyclic) bond motifs is 3. The summed E-state index contributed by atoms with van der Waals surface area (Å²) in [6.45, 7) is 3.74. The number of anilines is 3. The van der Waals surface area contributed by atoms with Crippen molar-refractivity contribution in [3.63, 3.8) is 0 Å². The van der Waals surface area contributed by atoms with Crippen LogP contribution in [-0.2, 0) is 11.8 Å². The molecular weight excluding hydrogens is 546 g/mol. The number of aryl methyl sites for hydroxylation is 1. The van der Waals surface area contributed by atoms with Gasteiger partial charge in [0, 0.05) is 55.4 Å². The minimum Gasteiger partial charge on any atom is -0.461 e. The van der Waals surface area contributed by atoms with Gasteiger partial charge in [-0.1, -0.05) is 0 Å². The fraction of sp³-hybridized carbons (Fsp3) is 0.655. The number of aromatic nitrogens is 2. The van der Waals surface area contributed by atoms with Crippen LogP contribution in [0.5, 0.6) is 6.01 Å². The fourth-order valence-electron chi connectivity index (χ4n) is 7.95. The molecule has 0 bridgehead atoms. The summed E-state index contributed by atoms with van der Waals surface area (Å²) < 4.78 is 36.9. The zero-order chi connectivity index (χ0) is 28.4. The number of hydrogen-bond donors (Lipinski definition) is 1. The molecule has 4 aliphatic heterocycles. The molecule has 0 saturated carbocycles. The van der Waals surface area contributed by atoms with Gasteiger partial charge >= 0.3 is 6.01 Å². The quantitative estimate of drug-likeness (QED) is 0.561. The van der Waals surface area contributed by atoms with E-state index in [-0.39, 0.29) is 41.1 Å². The van der Waals surface area contributed by atoms with E-state index in [0.29, 0.717) is 56.1 Å². The van der Waals surface area contributed by atoms with Gasteiger partial charge in [0.25, 0.3) is 0 Å². The first-order chi connectivity index (χ1) is 19.8. The van der Waals surface area contributed by atoms with E-state index in [1.54, 1.807) is 0 Å². The zero-order valence-electron chi connectivity index (χ0n) is 23.0. The highest BCUT2D eigenvalue weighted by Crippen LogP contribution is 2.53. The van der Waals surface area contributed by atoms with Crippen LogP contribution in [0.25, 0.3) is 0 Å². The summed E-state index contributed by atoms with van der Waals surface area (Å²) in [6.07, 6.45) is 5.38. The van der Waals surface area contributed by atoms with Crippen LogP contribution in [0.4, 0.5) is 25.4 Å². The highest BCUT2D eigenvalue weighted by Gasteiger charge is 2.53. The van der Waals surface area contributed by atoms with Gasteiger partial charge in [0.2, 0.25) is 5.82 Å². The molecule has 0 radical (unpaired) electrons. The molecule has 1 spiro atoms. The molecule has 9 nitrogen and oxygen atoms in total. The van der Waals surface area contributed by atoms with Crippen LogP contribution in [0.1, 0.15) is 60.9 Å². The summed E-state index contributed by atoms with van der Waals surface area (Å²) >= 11 is 1.49. The van der Waals surface area contributed by atoms with Gasteiger partial charge in [-0.3, -0.25) is 4.90 Å². The van der Waals surface area contributed by atoms with Crippen molar-refractivity contribution < 1.29 is 13.5 Å². The maximum absolute atomic E-state index is 16.3. The van der Waals surface area contributed by atoms with E-state index in [9.17, 15) is 14.9 Å². The Hall–Kier alpha value is -3.22. The van der Waals surface area contributed by atoms with Crippen LogP contribution in [0, 0.1) is 34.4 Å². The van der Waals surface area contributed by atoms with E-state index in [2.05, 4.69) is 27.0 Å². The Bertz CT molecular complexity index is 1450. The Morgan fingerprint density at radius 1 is 1.07 bits per heavy atom. The van der Waals surface area contributed by atoms with Gasteiger partial charge in [-0.25, -0.2) is 4.39 Å². The zero-order valence-corrected chi connectivity index (χ0v) is 23.9. The average Bonchev–Trinajstić information content (AvgIpc) is 3.61. The Kier molecular flexibility index (Phi) is 6.47. The first-order valence-corrected chi connectivity index (χ1v) is 15.5. The summed E-state index contributed by atoms with van der Waals surface area (Å²) in [7, 11) is 0. The van der Waals surface area contributed by atoms with E-state index >= 15 is 4.39 Å². The van der Waals surface area contributed by atoms with E-state index in [1.807, 2.05) is 9.80 Å². The second kappa shape index (κ2) is 9.95. The standard InChI is InChI=1S/C29H34F2N8OS/c30-19-11-29(6-2-9-39(29)14-19)17-40-27-35-25(37-8-1-3-18(12-32)5-10-37)23(31)26(36-27)38-15-28(16-38)7-4-21-22(28)20(13-33)24(34)41-21/h18-19H,1-11,14-17,34H2/t18?,19-,29+/m1/s1. The molecule has 12 heteroatoms. The van der Waals surface area contributed by atoms with E-state index in [0.717, 1.165) is 55.5 Å². The number of nitrogen functional groups attached to an aromatic ring is 1. The number of nitrogens with zero attached hydrogens (tertiary/aromatic N) is 7. The third-order valence-electron chi connectivity index (χ3n) is 10.0. The van der Waals surface area contributed by atoms with Crippen LogP contribution >= 0.6 is 11.3 Å². The van der Waals surface area contributed by atoms with Crippen molar-refractivity contribution in [3.8, 4) is 18.1 Å². The topological polar surface area (TPSA) is 118 Å². The van der Waals surface area contributed by atoms with Gasteiger partial charge in [-0.15, -0.1) is 11.3 Å². The van der Waals surface area contributed by atoms with Gasteiger partial charge in [0.1, 0.15) is 23.8 Å². The first kappa shape index (κ1) is 26.7. The molecule has 2 aromatic heterocycles. The maximum atomic E-state index is 16.3. The van der Waals surface area contributed by atoms with Crippen molar-refractivity contribution in [2.24, 2.45) is 5.92 Å². The largest absolute Gasteiger partial charge is 0.461 e. The normalized spacial score (nSPS) is 28.6. The number of thiophene rings is 1. The number of nitriles is 2. The lowest BCUT2D eigenvalue weighted by Crippen LogP contribution is -2.59. The van der Waals surface area contributed by atoms with Crippen molar-refractivity contribution in [1.29, 1.82) is 10.5 Å². The van der Waals surface area contributed by atoms with Gasteiger partial charge in [0.15, 0.2) is 11.6 Å². The Labute approximate surface area is 242 Å². The maximum Gasteiger partial charge on any atom is 0.320 e. The molecule has 7 rings (SSSR count). The highest BCUT2D eigenvalue weighted by molar-refractivity contribution is 7.16. The summed E-state index contributed by atoms with van der Waals surface area (Å²) in [4.78, 5) is 16.3. The molecule has 0 amide bonds. The molecule has 2 N–H and O–H groups in total. The van der Waals surface area contributed by atoms with Gasteiger partial charge in [-0.2, -0.15) is 24.9 Å². The van der Waals surface area contributed by atoms with Crippen molar-refractivity contribution in [1.82, 2.24) is 14.9 Å². The molecule has 3 atom stereocenters. The molecule has 4 fully saturated rings. The lowest BCUT2D eigenvalue weighted by molar-refractivity contribution is 0.107. The first-order valence-electron chi connectivity index (χ1n) is 14.7. The molecule has 0 aromatic carbocycles. The second-order valence-corrected chi connectivity index (χ2v) is 13.6. The summed E-state index contributed by atoms with van der Waals surface area (Å²) in [6, 6.07) is 4.76. The Morgan fingerprint density at radius 3 is 2.66 bits per heavy atom. The van der Waals surface area contributed by atoms with Crippen LogP contribution in [-0.4, -0.2) is 72.5 Å². The monoisotopic (exact) mass is 580 g/mol. The molecule has 6 heterocycles. The predicted molar refractivity (Wildman–Crippen MR) is 151 cm³/mol. The molecule has 1 unspecified atom stereocenters. The van der Waals surface area contributed by atoms with E-state index in [4.69, 9.17) is 10.5 Å². The number of halogens is 2. The number of rotatable bonds is 5. The van der Waals surface area contributed by atoms with Crippen molar-refractivity contribution >= 4 is 28.0 Å². The molecule has 41 heavy (non-hydrogen) atoms. The SMILES string of the molecule is N#Cc1c(N)sc2c1C1(CC2)CN(c2nc(OC[C@@]34CCCN3C[C@H](F)C4)nc(N3CCCC(C#N)CC3)c2F)C1. The molecule has 216 valence electrons. The second-order valence-electron chi connectivity index (χ2n) is 12.5. The van der Waals surface area contributed by atoms with Crippen molar-refractivity contribution in [3.05, 3.63) is 21.8 Å². The third kappa shape index (κ3) is 4.29. The van der Waals surface area contributed by atoms with E-state index in [1.165, 1.54) is 11.3 Å². The van der Waals surface area contributed by atoms with Crippen LogP contribution in [0.3, 0.4) is 0 Å². The lowest BCUT2D eigenvalue weighted by Gasteiger charge is -2.49. The molecule has 1 aliphatic carbocycles. The molecule has 2 aromatic rings. The Balaban J connectivity index is 1.19. The molecule has 5 aliphatic rings. The van der Waals surface area contributed by atoms with Crippen LogP contribution < -0.4 is 20.3 Å². The predicted octanol–water partition coefficient (Wildman–Crippen LogP) is 3.92. The fourth-order valence-corrected chi connectivity index (χ4v) is 9.09.